The van der Waals surface area contributed by atoms with Gasteiger partial charge in [0.2, 0.25) is 0 Å². The van der Waals surface area contributed by atoms with Crippen molar-refractivity contribution in [2.24, 2.45) is 0 Å². The quantitative estimate of drug-likeness (QED) is 0.691. The highest BCUT2D eigenvalue weighted by atomic mass is 19.1. The molecular formula is C16H12FN3O. The summed E-state index contributed by atoms with van der Waals surface area (Å²) in [4.78, 5) is 19.2. The number of hydrogen-bond donors (Lipinski definition) is 0. The topological polar surface area (TPSA) is 47.8 Å². The summed E-state index contributed by atoms with van der Waals surface area (Å²) in [6, 6.07) is 9.84. The second kappa shape index (κ2) is 5.66. The molecule has 0 aliphatic rings. The highest BCUT2D eigenvalue weighted by molar-refractivity contribution is 5.78. The van der Waals surface area contributed by atoms with E-state index in [-0.39, 0.29) is 12.4 Å². The predicted octanol–water partition coefficient (Wildman–Crippen LogP) is 2.95. The number of imidazole rings is 1. The second-order valence-electron chi connectivity index (χ2n) is 4.50. The lowest BCUT2D eigenvalue weighted by Crippen LogP contribution is -2.00. The van der Waals surface area contributed by atoms with Crippen LogP contribution in [0.5, 0.6) is 0 Å². The minimum atomic E-state index is -0.295. The lowest BCUT2D eigenvalue weighted by Gasteiger charge is -2.08. The molecule has 104 valence electrons. The van der Waals surface area contributed by atoms with Gasteiger partial charge >= 0.3 is 0 Å². The summed E-state index contributed by atoms with van der Waals surface area (Å²) in [5.41, 5.74) is 3.23. The third kappa shape index (κ3) is 2.58. The van der Waals surface area contributed by atoms with Gasteiger partial charge in [-0.15, -0.1) is 0 Å². The molecule has 1 aromatic carbocycles. The normalized spacial score (nSPS) is 10.5. The van der Waals surface area contributed by atoms with Crippen LogP contribution in [0.1, 0.15) is 0 Å². The summed E-state index contributed by atoms with van der Waals surface area (Å²) >= 11 is 0. The van der Waals surface area contributed by atoms with Crippen LogP contribution in [0.4, 0.5) is 4.39 Å². The van der Waals surface area contributed by atoms with E-state index in [0.717, 1.165) is 23.1 Å². The first-order valence-corrected chi connectivity index (χ1v) is 6.44. The van der Waals surface area contributed by atoms with Gasteiger partial charge in [-0.3, -0.25) is 4.98 Å². The van der Waals surface area contributed by atoms with Crippen molar-refractivity contribution in [2.75, 3.05) is 0 Å². The molecule has 2 aromatic heterocycles. The van der Waals surface area contributed by atoms with E-state index in [1.54, 1.807) is 35.4 Å². The van der Waals surface area contributed by atoms with Gasteiger partial charge in [0.25, 0.3) is 0 Å². The summed E-state index contributed by atoms with van der Waals surface area (Å²) in [6.07, 6.45) is 5.80. The molecule has 0 aliphatic carbocycles. The van der Waals surface area contributed by atoms with Crippen LogP contribution in [0, 0.1) is 5.82 Å². The largest absolute Gasteiger partial charge is 0.323 e. The molecule has 0 saturated heterocycles. The number of aromatic nitrogens is 3. The third-order valence-corrected chi connectivity index (χ3v) is 3.18. The Kier molecular flexibility index (Phi) is 3.55. The molecule has 0 N–H and O–H groups in total. The molecule has 0 unspecified atom stereocenters. The van der Waals surface area contributed by atoms with Crippen molar-refractivity contribution in [3.8, 4) is 22.5 Å². The minimum Gasteiger partial charge on any atom is -0.323 e. The fourth-order valence-electron chi connectivity index (χ4n) is 2.23. The predicted molar refractivity (Wildman–Crippen MR) is 76.9 cm³/mol. The molecular weight excluding hydrogens is 269 g/mol. The molecule has 0 bridgehead atoms. The van der Waals surface area contributed by atoms with Crippen LogP contribution < -0.4 is 0 Å². The average Bonchev–Trinajstić information content (AvgIpc) is 2.93. The number of rotatable bonds is 4. The first kappa shape index (κ1) is 13.2. The number of carbonyl (C=O) groups is 1. The molecule has 5 heteroatoms. The summed E-state index contributed by atoms with van der Waals surface area (Å²) < 4.78 is 14.8. The highest BCUT2D eigenvalue weighted by Gasteiger charge is 2.14. The standard InChI is InChI=1S/C16H12FN3O/c17-14-3-1-12(2-4-14)15-16(13-5-7-18-8-6-13)20(9-10-21)11-19-15/h1-8,10-11H,9H2. The van der Waals surface area contributed by atoms with Gasteiger partial charge in [-0.25, -0.2) is 9.37 Å². The van der Waals surface area contributed by atoms with Crippen LogP contribution in [0.15, 0.2) is 55.1 Å². The molecule has 0 aliphatic heterocycles. The lowest BCUT2D eigenvalue weighted by atomic mass is 10.1. The first-order valence-electron chi connectivity index (χ1n) is 6.44. The molecule has 21 heavy (non-hydrogen) atoms. The Morgan fingerprint density at radius 1 is 1.05 bits per heavy atom. The van der Waals surface area contributed by atoms with Gasteiger partial charge in [-0.05, 0) is 36.4 Å². The van der Waals surface area contributed by atoms with Crippen LogP contribution in [0.3, 0.4) is 0 Å². The summed E-state index contributed by atoms with van der Waals surface area (Å²) in [6.45, 7) is 0.214. The number of hydrogen-bond acceptors (Lipinski definition) is 3. The highest BCUT2D eigenvalue weighted by Crippen LogP contribution is 2.30. The SMILES string of the molecule is O=CCn1cnc(-c2ccc(F)cc2)c1-c1ccncc1. The molecule has 0 radical (unpaired) electrons. The van der Waals surface area contributed by atoms with Crippen molar-refractivity contribution < 1.29 is 9.18 Å². The maximum Gasteiger partial charge on any atom is 0.139 e. The third-order valence-electron chi connectivity index (χ3n) is 3.18. The zero-order valence-electron chi connectivity index (χ0n) is 11.1. The van der Waals surface area contributed by atoms with E-state index in [4.69, 9.17) is 0 Å². The van der Waals surface area contributed by atoms with Gasteiger partial charge in [-0.1, -0.05) is 0 Å². The van der Waals surface area contributed by atoms with E-state index in [1.807, 2.05) is 12.1 Å². The molecule has 0 spiro atoms. The molecule has 2 heterocycles. The molecule has 0 atom stereocenters. The Morgan fingerprint density at radius 2 is 1.76 bits per heavy atom. The van der Waals surface area contributed by atoms with Gasteiger partial charge in [0, 0.05) is 23.5 Å². The Hall–Kier alpha value is -2.82. The van der Waals surface area contributed by atoms with Gasteiger partial charge in [-0.2, -0.15) is 0 Å². The summed E-state index contributed by atoms with van der Waals surface area (Å²) in [7, 11) is 0. The van der Waals surface area contributed by atoms with Crippen LogP contribution in [-0.4, -0.2) is 20.8 Å². The Bertz CT molecular complexity index is 751. The number of halogens is 1. The summed E-state index contributed by atoms with van der Waals surface area (Å²) in [5.74, 6) is -0.295. The average molecular weight is 281 g/mol. The van der Waals surface area contributed by atoms with E-state index >= 15 is 0 Å². The van der Waals surface area contributed by atoms with E-state index in [9.17, 15) is 9.18 Å². The molecule has 0 saturated carbocycles. The number of benzene rings is 1. The van der Waals surface area contributed by atoms with Gasteiger partial charge in [0.15, 0.2) is 0 Å². The number of aldehydes is 1. The molecule has 4 nitrogen and oxygen atoms in total. The Morgan fingerprint density at radius 3 is 2.43 bits per heavy atom. The van der Waals surface area contributed by atoms with Crippen molar-refractivity contribution in [3.05, 3.63) is 60.9 Å². The van der Waals surface area contributed by atoms with Gasteiger partial charge in [0.1, 0.15) is 12.1 Å². The maximum absolute atomic E-state index is 13.1. The molecule has 0 fully saturated rings. The molecule has 3 aromatic rings. The van der Waals surface area contributed by atoms with Crippen molar-refractivity contribution >= 4 is 6.29 Å². The smallest absolute Gasteiger partial charge is 0.139 e. The van der Waals surface area contributed by atoms with Crippen molar-refractivity contribution in [1.29, 1.82) is 0 Å². The number of nitrogens with zero attached hydrogens (tertiary/aromatic N) is 3. The van der Waals surface area contributed by atoms with E-state index < -0.39 is 0 Å². The van der Waals surface area contributed by atoms with Crippen LogP contribution in [-0.2, 0) is 11.3 Å². The number of pyridine rings is 1. The zero-order valence-corrected chi connectivity index (χ0v) is 11.1. The zero-order chi connectivity index (χ0) is 14.7. The van der Waals surface area contributed by atoms with E-state index in [0.29, 0.717) is 5.69 Å². The lowest BCUT2D eigenvalue weighted by molar-refractivity contribution is -0.108. The minimum absolute atomic E-state index is 0.214. The van der Waals surface area contributed by atoms with Gasteiger partial charge < -0.3 is 9.36 Å². The number of carbonyl (C=O) groups excluding carboxylic acids is 1. The van der Waals surface area contributed by atoms with Gasteiger partial charge in [0.05, 0.1) is 24.3 Å². The first-order chi connectivity index (χ1) is 10.3. The van der Waals surface area contributed by atoms with E-state index in [1.165, 1.54) is 12.1 Å². The fourth-order valence-corrected chi connectivity index (χ4v) is 2.23. The monoisotopic (exact) mass is 281 g/mol. The summed E-state index contributed by atoms with van der Waals surface area (Å²) in [5, 5.41) is 0. The second-order valence-corrected chi connectivity index (χ2v) is 4.50. The fraction of sp³-hybridized carbons (Fsp3) is 0.0625. The van der Waals surface area contributed by atoms with E-state index in [2.05, 4.69) is 9.97 Å². The van der Waals surface area contributed by atoms with Crippen molar-refractivity contribution in [1.82, 2.24) is 14.5 Å². The van der Waals surface area contributed by atoms with Crippen molar-refractivity contribution in [2.45, 2.75) is 6.54 Å². The van der Waals surface area contributed by atoms with Crippen LogP contribution >= 0.6 is 0 Å². The maximum atomic E-state index is 13.1. The Labute approximate surface area is 120 Å². The molecule has 3 rings (SSSR count). The van der Waals surface area contributed by atoms with Crippen LogP contribution in [0.2, 0.25) is 0 Å². The van der Waals surface area contributed by atoms with Crippen molar-refractivity contribution in [3.63, 3.8) is 0 Å². The Balaban J connectivity index is 2.17. The van der Waals surface area contributed by atoms with Crippen LogP contribution in [0.25, 0.3) is 22.5 Å². The molecule has 0 amide bonds.